The number of carbonyl (C=O) groups is 1. The third-order valence-corrected chi connectivity index (χ3v) is 2.88. The minimum atomic E-state index is -0.151. The number of carbonyl (C=O) groups excluding carboxylic acids is 1. The van der Waals surface area contributed by atoms with Crippen LogP contribution in [-0.2, 0) is 9.53 Å². The predicted octanol–water partition coefficient (Wildman–Crippen LogP) is -2.20. The average Bonchev–Trinajstić information content (AvgIpc) is 2.19. The van der Waals surface area contributed by atoms with Crippen molar-refractivity contribution in [3.8, 4) is 12.3 Å². The van der Waals surface area contributed by atoms with E-state index in [1.807, 2.05) is 0 Å². The van der Waals surface area contributed by atoms with Crippen LogP contribution in [0.15, 0.2) is 0 Å². The maximum absolute atomic E-state index is 11.3. The average molecular weight is 276 g/mol. The summed E-state index contributed by atoms with van der Waals surface area (Å²) in [6.07, 6.45) is 8.93. The summed E-state index contributed by atoms with van der Waals surface area (Å²) in [6.45, 7) is 3.11. The van der Waals surface area contributed by atoms with Crippen molar-refractivity contribution in [3.05, 3.63) is 0 Å². The van der Waals surface area contributed by atoms with E-state index >= 15 is 0 Å². The zero-order chi connectivity index (χ0) is 10.4. The summed E-state index contributed by atoms with van der Waals surface area (Å²) in [5.74, 6) is 2.52. The molecule has 1 rings (SSSR count). The first-order valence-corrected chi connectivity index (χ1v) is 5.08. The molecule has 0 N–H and O–H groups in total. The maximum Gasteiger partial charge on any atom is 0.361 e. The standard InChI is InChI=1S/C11H18NO2.BrH/c1-3-7-12(10-11(13)14-2)8-5-4-6-9-12;/h1H,4-10H2,2H3;1H/q+1;/p-1. The number of esters is 1. The summed E-state index contributed by atoms with van der Waals surface area (Å²) >= 11 is 0. The van der Waals surface area contributed by atoms with Crippen LogP contribution in [0.3, 0.4) is 0 Å². The van der Waals surface area contributed by atoms with Crippen LogP contribution in [0, 0.1) is 12.3 Å². The van der Waals surface area contributed by atoms with E-state index in [1.165, 1.54) is 26.4 Å². The molecule has 1 aliphatic heterocycles. The van der Waals surface area contributed by atoms with Gasteiger partial charge >= 0.3 is 5.97 Å². The van der Waals surface area contributed by atoms with Crippen LogP contribution in [0.1, 0.15) is 19.3 Å². The van der Waals surface area contributed by atoms with Gasteiger partial charge in [-0.25, -0.2) is 4.79 Å². The quantitative estimate of drug-likeness (QED) is 0.332. The molecule has 0 aliphatic carbocycles. The smallest absolute Gasteiger partial charge is 0.361 e. The molecule has 0 saturated carbocycles. The van der Waals surface area contributed by atoms with Gasteiger partial charge in [-0.2, -0.15) is 0 Å². The lowest BCUT2D eigenvalue weighted by Gasteiger charge is -2.38. The minimum absolute atomic E-state index is 0. The first-order valence-electron chi connectivity index (χ1n) is 5.08. The Labute approximate surface area is 102 Å². The van der Waals surface area contributed by atoms with Crippen LogP contribution >= 0.6 is 0 Å². The largest absolute Gasteiger partial charge is 1.00 e. The number of terminal acetylenes is 1. The zero-order valence-corrected chi connectivity index (χ0v) is 10.8. The molecule has 0 radical (unpaired) electrons. The van der Waals surface area contributed by atoms with Crippen molar-refractivity contribution >= 4 is 5.97 Å². The Morgan fingerprint density at radius 2 is 2.00 bits per heavy atom. The van der Waals surface area contributed by atoms with Crippen LogP contribution in [0.5, 0.6) is 0 Å². The van der Waals surface area contributed by atoms with Crippen LogP contribution in [0.2, 0.25) is 0 Å². The second-order valence-electron chi connectivity index (χ2n) is 3.95. The molecule has 1 heterocycles. The Bertz CT molecular complexity index is 241. The molecular weight excluding hydrogens is 258 g/mol. The number of methoxy groups -OCH3 is 1. The van der Waals surface area contributed by atoms with E-state index in [1.54, 1.807) is 0 Å². The van der Waals surface area contributed by atoms with Crippen LogP contribution in [0.25, 0.3) is 0 Å². The van der Waals surface area contributed by atoms with E-state index in [4.69, 9.17) is 11.2 Å². The monoisotopic (exact) mass is 275 g/mol. The third kappa shape index (κ3) is 4.23. The van der Waals surface area contributed by atoms with E-state index < -0.39 is 0 Å². The lowest BCUT2D eigenvalue weighted by Crippen LogP contribution is -3.00. The highest BCUT2D eigenvalue weighted by Crippen LogP contribution is 2.18. The van der Waals surface area contributed by atoms with Crippen molar-refractivity contribution in [2.45, 2.75) is 19.3 Å². The van der Waals surface area contributed by atoms with Crippen molar-refractivity contribution in [2.75, 3.05) is 33.3 Å². The van der Waals surface area contributed by atoms with Gasteiger partial charge in [-0.3, -0.25) is 0 Å². The van der Waals surface area contributed by atoms with Crippen molar-refractivity contribution < 1.29 is 31.0 Å². The molecule has 15 heavy (non-hydrogen) atoms. The van der Waals surface area contributed by atoms with Gasteiger partial charge in [-0.05, 0) is 25.2 Å². The number of likely N-dealkylation sites (tertiary alicyclic amines) is 1. The minimum Gasteiger partial charge on any atom is -1.00 e. The van der Waals surface area contributed by atoms with Gasteiger partial charge in [0.05, 0.1) is 20.2 Å². The highest BCUT2D eigenvalue weighted by Gasteiger charge is 2.31. The Kier molecular flexibility index (Phi) is 6.62. The number of quaternary nitrogens is 1. The highest BCUT2D eigenvalue weighted by atomic mass is 79.9. The number of nitrogens with zero attached hydrogens (tertiary/aromatic N) is 1. The topological polar surface area (TPSA) is 26.3 Å². The first-order chi connectivity index (χ1) is 6.72. The summed E-state index contributed by atoms with van der Waals surface area (Å²) in [4.78, 5) is 11.3. The number of halogens is 1. The van der Waals surface area contributed by atoms with Crippen molar-refractivity contribution in [1.82, 2.24) is 0 Å². The van der Waals surface area contributed by atoms with E-state index in [-0.39, 0.29) is 23.0 Å². The van der Waals surface area contributed by atoms with E-state index in [0.717, 1.165) is 17.6 Å². The van der Waals surface area contributed by atoms with Gasteiger partial charge in [0.1, 0.15) is 6.54 Å². The molecule has 1 fully saturated rings. The van der Waals surface area contributed by atoms with Gasteiger partial charge in [-0.1, -0.05) is 0 Å². The molecule has 0 bridgehead atoms. The van der Waals surface area contributed by atoms with E-state index in [0.29, 0.717) is 13.1 Å². The van der Waals surface area contributed by atoms with Crippen molar-refractivity contribution in [1.29, 1.82) is 0 Å². The van der Waals surface area contributed by atoms with Gasteiger partial charge < -0.3 is 26.2 Å². The molecule has 86 valence electrons. The Morgan fingerprint density at radius 1 is 1.40 bits per heavy atom. The summed E-state index contributed by atoms with van der Waals surface area (Å²) in [7, 11) is 1.43. The number of rotatable bonds is 3. The van der Waals surface area contributed by atoms with Gasteiger partial charge in [-0.15, -0.1) is 6.42 Å². The lowest BCUT2D eigenvalue weighted by molar-refractivity contribution is -0.919. The number of ether oxygens (including phenoxy) is 1. The van der Waals surface area contributed by atoms with Crippen LogP contribution in [-0.4, -0.2) is 43.7 Å². The molecule has 3 nitrogen and oxygen atoms in total. The molecule has 0 aromatic heterocycles. The highest BCUT2D eigenvalue weighted by molar-refractivity contribution is 5.70. The first kappa shape index (κ1) is 14.5. The summed E-state index contributed by atoms with van der Waals surface area (Å²) in [6, 6.07) is 0. The van der Waals surface area contributed by atoms with Crippen molar-refractivity contribution in [3.63, 3.8) is 0 Å². The Hall–Kier alpha value is -0.530. The summed E-state index contributed by atoms with van der Waals surface area (Å²) < 4.78 is 5.43. The number of hydrogen-bond donors (Lipinski definition) is 0. The second kappa shape index (κ2) is 6.86. The fourth-order valence-corrected chi connectivity index (χ4v) is 2.09. The second-order valence-corrected chi connectivity index (χ2v) is 3.95. The molecule has 1 saturated heterocycles. The molecule has 0 aromatic rings. The van der Waals surface area contributed by atoms with Crippen LogP contribution in [0.4, 0.5) is 0 Å². The molecule has 0 unspecified atom stereocenters. The summed E-state index contributed by atoms with van der Waals surface area (Å²) in [5, 5.41) is 0. The van der Waals surface area contributed by atoms with Gasteiger partial charge in [0.15, 0.2) is 6.54 Å². The van der Waals surface area contributed by atoms with Crippen molar-refractivity contribution in [2.24, 2.45) is 0 Å². The van der Waals surface area contributed by atoms with Gasteiger partial charge in [0.2, 0.25) is 0 Å². The number of hydrogen-bond acceptors (Lipinski definition) is 2. The van der Waals surface area contributed by atoms with Gasteiger partial charge in [0, 0.05) is 0 Å². The third-order valence-electron chi connectivity index (χ3n) is 2.88. The molecular formula is C11H18BrNO2. The van der Waals surface area contributed by atoms with E-state index in [2.05, 4.69) is 5.92 Å². The fraction of sp³-hybridized carbons (Fsp3) is 0.727. The SMILES string of the molecule is C#CC[N+]1(CC(=O)OC)CCCCC1.[Br-]. The predicted molar refractivity (Wildman–Crippen MR) is 54.4 cm³/mol. The maximum atomic E-state index is 11.3. The normalized spacial score (nSPS) is 18.4. The lowest BCUT2D eigenvalue weighted by atomic mass is 10.1. The number of piperidine rings is 1. The van der Waals surface area contributed by atoms with Crippen LogP contribution < -0.4 is 17.0 Å². The molecule has 4 heteroatoms. The Morgan fingerprint density at radius 3 is 2.47 bits per heavy atom. The molecule has 0 spiro atoms. The fourth-order valence-electron chi connectivity index (χ4n) is 2.09. The zero-order valence-electron chi connectivity index (χ0n) is 9.17. The van der Waals surface area contributed by atoms with E-state index in [9.17, 15) is 4.79 Å². The molecule has 0 amide bonds. The molecule has 0 atom stereocenters. The van der Waals surface area contributed by atoms with Gasteiger partial charge in [0.25, 0.3) is 0 Å². The molecule has 1 aliphatic rings. The molecule has 0 aromatic carbocycles. The summed E-state index contributed by atoms with van der Waals surface area (Å²) in [5.41, 5.74) is 0. The Balaban J connectivity index is 0.00000196.